The summed E-state index contributed by atoms with van der Waals surface area (Å²) in [5.41, 5.74) is 7.81. The highest BCUT2D eigenvalue weighted by molar-refractivity contribution is 5.64. The van der Waals surface area contributed by atoms with Crippen LogP contribution in [0.3, 0.4) is 0 Å². The van der Waals surface area contributed by atoms with E-state index in [9.17, 15) is 0 Å². The highest BCUT2D eigenvalue weighted by atomic mass is 15.1. The van der Waals surface area contributed by atoms with Crippen molar-refractivity contribution in [2.75, 3.05) is 18.0 Å². The number of aryl methyl sites for hydroxylation is 1. The highest BCUT2D eigenvalue weighted by Gasteiger charge is 2.38. The first-order valence-electron chi connectivity index (χ1n) is 11.9. The molecule has 4 aromatic carbocycles. The van der Waals surface area contributed by atoms with Gasteiger partial charge in [-0.2, -0.15) is 0 Å². The van der Waals surface area contributed by atoms with Crippen molar-refractivity contribution >= 4 is 5.69 Å². The van der Waals surface area contributed by atoms with Crippen LogP contribution in [0.4, 0.5) is 5.69 Å². The second-order valence-corrected chi connectivity index (χ2v) is 8.78. The van der Waals surface area contributed by atoms with Crippen molar-refractivity contribution in [1.29, 1.82) is 0 Å². The zero-order valence-corrected chi connectivity index (χ0v) is 18.9. The molecule has 0 spiro atoms. The third-order valence-corrected chi connectivity index (χ3v) is 6.84. The Kier molecular flexibility index (Phi) is 5.81. The van der Waals surface area contributed by atoms with Gasteiger partial charge in [0.05, 0.1) is 5.41 Å². The van der Waals surface area contributed by atoms with Gasteiger partial charge < -0.3 is 4.90 Å². The molecular formula is C31H31N. The molecule has 0 fully saturated rings. The molecule has 0 saturated carbocycles. The zero-order chi connectivity index (χ0) is 21.8. The molecular weight excluding hydrogens is 386 g/mol. The van der Waals surface area contributed by atoms with E-state index < -0.39 is 0 Å². The summed E-state index contributed by atoms with van der Waals surface area (Å²) in [4.78, 5) is 2.57. The smallest absolute Gasteiger partial charge is 0.0701 e. The molecule has 1 aliphatic heterocycles. The Morgan fingerprint density at radius 1 is 0.656 bits per heavy atom. The lowest BCUT2D eigenvalue weighted by molar-refractivity contribution is 0.676. The van der Waals surface area contributed by atoms with E-state index >= 15 is 0 Å². The van der Waals surface area contributed by atoms with E-state index in [0.29, 0.717) is 0 Å². The number of fused-ring (bicyclic) bond motifs is 1. The first-order chi connectivity index (χ1) is 15.8. The molecule has 1 heterocycles. The monoisotopic (exact) mass is 417 g/mol. The Morgan fingerprint density at radius 2 is 1.19 bits per heavy atom. The third-order valence-electron chi connectivity index (χ3n) is 6.84. The zero-order valence-electron chi connectivity index (χ0n) is 18.9. The molecule has 160 valence electrons. The predicted molar refractivity (Wildman–Crippen MR) is 136 cm³/mol. The van der Waals surface area contributed by atoms with Crippen molar-refractivity contribution in [3.05, 3.63) is 137 Å². The average Bonchev–Trinajstić information content (AvgIpc) is 2.87. The lowest BCUT2D eigenvalue weighted by Gasteiger charge is -2.38. The molecule has 4 aromatic rings. The van der Waals surface area contributed by atoms with Crippen LogP contribution in [0.5, 0.6) is 0 Å². The van der Waals surface area contributed by atoms with Crippen molar-refractivity contribution in [3.8, 4) is 0 Å². The Morgan fingerprint density at radius 3 is 1.69 bits per heavy atom. The number of hydrogen-bond donors (Lipinski definition) is 0. The van der Waals surface area contributed by atoms with Crippen LogP contribution >= 0.6 is 0 Å². The maximum atomic E-state index is 2.57. The Bertz CT molecular complexity index is 1050. The molecule has 0 radical (unpaired) electrons. The van der Waals surface area contributed by atoms with Gasteiger partial charge in [0.1, 0.15) is 0 Å². The van der Waals surface area contributed by atoms with E-state index in [-0.39, 0.29) is 5.41 Å². The van der Waals surface area contributed by atoms with Crippen LogP contribution in [0, 0.1) is 0 Å². The summed E-state index contributed by atoms with van der Waals surface area (Å²) in [5, 5.41) is 0. The highest BCUT2D eigenvalue weighted by Crippen LogP contribution is 2.46. The fourth-order valence-corrected chi connectivity index (χ4v) is 5.47. The lowest BCUT2D eigenvalue weighted by atomic mass is 9.65. The minimum Gasteiger partial charge on any atom is -0.371 e. The fraction of sp³-hybridized carbons (Fsp3) is 0.226. The van der Waals surface area contributed by atoms with Gasteiger partial charge in [0, 0.05) is 18.8 Å². The topological polar surface area (TPSA) is 3.24 Å². The molecule has 0 unspecified atom stereocenters. The Balaban J connectivity index is 1.80. The normalized spacial score (nSPS) is 13.6. The summed E-state index contributed by atoms with van der Waals surface area (Å²) in [7, 11) is 0. The molecule has 0 aromatic heterocycles. The number of nitrogens with zero attached hydrogens (tertiary/aromatic N) is 1. The van der Waals surface area contributed by atoms with Gasteiger partial charge in [-0.1, -0.05) is 110 Å². The number of anilines is 1. The van der Waals surface area contributed by atoms with Gasteiger partial charge in [0.15, 0.2) is 0 Å². The Hall–Kier alpha value is -3.32. The quantitative estimate of drug-likeness (QED) is 0.299. The summed E-state index contributed by atoms with van der Waals surface area (Å²) >= 11 is 0. The van der Waals surface area contributed by atoms with E-state index in [1.807, 2.05) is 0 Å². The van der Waals surface area contributed by atoms with Gasteiger partial charge >= 0.3 is 0 Å². The molecule has 1 heteroatoms. The van der Waals surface area contributed by atoms with Gasteiger partial charge in [-0.05, 0) is 53.1 Å². The minimum atomic E-state index is -0.355. The summed E-state index contributed by atoms with van der Waals surface area (Å²) in [6, 6.07) is 40.2. The molecule has 0 N–H and O–H groups in total. The van der Waals surface area contributed by atoms with Crippen molar-refractivity contribution in [3.63, 3.8) is 0 Å². The second kappa shape index (κ2) is 9.04. The number of rotatable bonds is 6. The molecule has 1 aliphatic rings. The molecule has 0 saturated heterocycles. The van der Waals surface area contributed by atoms with Gasteiger partial charge in [-0.3, -0.25) is 0 Å². The van der Waals surface area contributed by atoms with Crippen LogP contribution in [0.25, 0.3) is 0 Å². The van der Waals surface area contributed by atoms with Crippen molar-refractivity contribution < 1.29 is 0 Å². The standard InChI is InChI=1S/C31H31N/c1-2-22-32-23-12-13-25-24-29(20-21-30(25)32)31(26-14-6-3-7-15-26,27-16-8-4-9-17-27)28-18-10-5-11-19-28/h3-11,14-21,24H,2,12-13,22-23H2,1H3. The molecule has 32 heavy (non-hydrogen) atoms. The van der Waals surface area contributed by atoms with Gasteiger partial charge in [0.25, 0.3) is 0 Å². The molecule has 5 rings (SSSR count). The van der Waals surface area contributed by atoms with Crippen LogP contribution in [0.15, 0.2) is 109 Å². The summed E-state index contributed by atoms with van der Waals surface area (Å²) in [6.45, 7) is 4.57. The van der Waals surface area contributed by atoms with Crippen LogP contribution in [-0.2, 0) is 11.8 Å². The lowest BCUT2D eigenvalue weighted by Crippen LogP contribution is -2.33. The van der Waals surface area contributed by atoms with Crippen LogP contribution in [0.1, 0.15) is 47.6 Å². The first-order valence-corrected chi connectivity index (χ1v) is 11.9. The van der Waals surface area contributed by atoms with E-state index in [1.54, 1.807) is 0 Å². The maximum absolute atomic E-state index is 2.57. The van der Waals surface area contributed by atoms with E-state index in [4.69, 9.17) is 0 Å². The summed E-state index contributed by atoms with van der Waals surface area (Å²) in [6.07, 6.45) is 3.56. The van der Waals surface area contributed by atoms with Crippen LogP contribution in [-0.4, -0.2) is 13.1 Å². The van der Waals surface area contributed by atoms with Crippen LogP contribution < -0.4 is 4.90 Å². The van der Waals surface area contributed by atoms with Gasteiger partial charge in [-0.25, -0.2) is 0 Å². The van der Waals surface area contributed by atoms with Crippen LogP contribution in [0.2, 0.25) is 0 Å². The SMILES string of the molecule is CCCN1CCCc2cc(C(c3ccccc3)(c3ccccc3)c3ccccc3)ccc21. The van der Waals surface area contributed by atoms with Gasteiger partial charge in [0.2, 0.25) is 0 Å². The molecule has 0 amide bonds. The average molecular weight is 418 g/mol. The first kappa shape index (κ1) is 20.6. The van der Waals surface area contributed by atoms with E-state index in [1.165, 1.54) is 52.9 Å². The largest absolute Gasteiger partial charge is 0.371 e. The van der Waals surface area contributed by atoms with Gasteiger partial charge in [-0.15, -0.1) is 0 Å². The Labute approximate surface area is 192 Å². The molecule has 0 aliphatic carbocycles. The number of hydrogen-bond acceptors (Lipinski definition) is 1. The minimum absolute atomic E-state index is 0.355. The summed E-state index contributed by atoms with van der Waals surface area (Å²) < 4.78 is 0. The van der Waals surface area contributed by atoms with E-state index in [0.717, 1.165) is 13.0 Å². The molecule has 1 nitrogen and oxygen atoms in total. The second-order valence-electron chi connectivity index (χ2n) is 8.78. The molecule has 0 bridgehead atoms. The fourth-order valence-electron chi connectivity index (χ4n) is 5.47. The van der Waals surface area contributed by atoms with E-state index in [2.05, 4.69) is 121 Å². The molecule has 0 atom stereocenters. The van der Waals surface area contributed by atoms with Crippen molar-refractivity contribution in [2.24, 2.45) is 0 Å². The third kappa shape index (κ3) is 3.52. The predicted octanol–water partition coefficient (Wildman–Crippen LogP) is 7.23. The van der Waals surface area contributed by atoms with Crippen molar-refractivity contribution in [1.82, 2.24) is 0 Å². The summed E-state index contributed by atoms with van der Waals surface area (Å²) in [5.74, 6) is 0. The maximum Gasteiger partial charge on any atom is 0.0701 e. The van der Waals surface area contributed by atoms with Crippen molar-refractivity contribution in [2.45, 2.75) is 31.6 Å². The number of benzene rings is 4.